The predicted molar refractivity (Wildman–Crippen MR) is 101 cm³/mol. The summed E-state index contributed by atoms with van der Waals surface area (Å²) in [6.07, 6.45) is 2.04. The van der Waals surface area contributed by atoms with Gasteiger partial charge in [0.25, 0.3) is 0 Å². The molecule has 0 fully saturated rings. The van der Waals surface area contributed by atoms with E-state index >= 15 is 0 Å². The quantitative estimate of drug-likeness (QED) is 0.424. The van der Waals surface area contributed by atoms with Crippen molar-refractivity contribution < 1.29 is 0 Å². The van der Waals surface area contributed by atoms with Crippen molar-refractivity contribution in [3.05, 3.63) is 84.1 Å². The van der Waals surface area contributed by atoms with Crippen LogP contribution in [0.3, 0.4) is 0 Å². The minimum absolute atomic E-state index is 0.742. The standard InChI is InChI=1S/C21H18N4/c1-15-8-11-17(12-9-15)20-21(24-23-18-6-4-3-5-7-18)25-14-16(2)10-13-19(25)22-20/h3-14H,1-2H3. The Kier molecular flexibility index (Phi) is 3.86. The summed E-state index contributed by atoms with van der Waals surface area (Å²) >= 11 is 0. The van der Waals surface area contributed by atoms with Crippen LogP contribution in [0.2, 0.25) is 0 Å². The molecule has 0 radical (unpaired) electrons. The lowest BCUT2D eigenvalue weighted by atomic mass is 10.1. The highest BCUT2D eigenvalue weighted by molar-refractivity contribution is 5.74. The second-order valence-corrected chi connectivity index (χ2v) is 6.12. The number of aromatic nitrogens is 2. The van der Waals surface area contributed by atoms with Crippen LogP contribution < -0.4 is 0 Å². The fourth-order valence-corrected chi connectivity index (χ4v) is 2.74. The molecule has 2 aromatic carbocycles. The summed E-state index contributed by atoms with van der Waals surface area (Å²) in [6.45, 7) is 4.13. The van der Waals surface area contributed by atoms with Crippen molar-refractivity contribution in [2.45, 2.75) is 13.8 Å². The monoisotopic (exact) mass is 326 g/mol. The van der Waals surface area contributed by atoms with Gasteiger partial charge >= 0.3 is 0 Å². The van der Waals surface area contributed by atoms with E-state index in [-0.39, 0.29) is 0 Å². The number of aryl methyl sites for hydroxylation is 2. The minimum Gasteiger partial charge on any atom is -0.282 e. The summed E-state index contributed by atoms with van der Waals surface area (Å²) in [5, 5.41) is 8.93. The van der Waals surface area contributed by atoms with E-state index < -0.39 is 0 Å². The zero-order valence-corrected chi connectivity index (χ0v) is 14.2. The molecule has 0 unspecified atom stereocenters. The number of nitrogens with zero attached hydrogens (tertiary/aromatic N) is 4. The first kappa shape index (κ1) is 15.3. The van der Waals surface area contributed by atoms with Crippen molar-refractivity contribution in [1.82, 2.24) is 9.38 Å². The van der Waals surface area contributed by atoms with Gasteiger partial charge in [0.1, 0.15) is 11.3 Å². The van der Waals surface area contributed by atoms with Gasteiger partial charge in [0, 0.05) is 11.8 Å². The molecule has 0 aliphatic heterocycles. The summed E-state index contributed by atoms with van der Waals surface area (Å²) in [6, 6.07) is 22.1. The fraction of sp³-hybridized carbons (Fsp3) is 0.0952. The molecule has 4 nitrogen and oxygen atoms in total. The van der Waals surface area contributed by atoms with Crippen LogP contribution >= 0.6 is 0 Å². The normalized spacial score (nSPS) is 11.4. The number of azo groups is 1. The van der Waals surface area contributed by atoms with Crippen molar-refractivity contribution in [2.75, 3.05) is 0 Å². The maximum Gasteiger partial charge on any atom is 0.187 e. The summed E-state index contributed by atoms with van der Waals surface area (Å²) in [5.41, 5.74) is 5.93. The van der Waals surface area contributed by atoms with E-state index in [1.165, 1.54) is 5.56 Å². The van der Waals surface area contributed by atoms with Gasteiger partial charge in [-0.15, -0.1) is 10.2 Å². The number of imidazole rings is 1. The van der Waals surface area contributed by atoms with Crippen LogP contribution in [0.25, 0.3) is 16.9 Å². The van der Waals surface area contributed by atoms with Crippen LogP contribution in [0.5, 0.6) is 0 Å². The summed E-state index contributed by atoms with van der Waals surface area (Å²) in [5.74, 6) is 0.742. The zero-order chi connectivity index (χ0) is 17.2. The smallest absolute Gasteiger partial charge is 0.187 e. The van der Waals surface area contributed by atoms with Gasteiger partial charge in [-0.2, -0.15) is 0 Å². The molecule has 0 saturated heterocycles. The number of pyridine rings is 1. The molecule has 2 heterocycles. The maximum absolute atomic E-state index is 4.78. The van der Waals surface area contributed by atoms with Gasteiger partial charge in [0.15, 0.2) is 5.82 Å². The lowest BCUT2D eigenvalue weighted by Crippen LogP contribution is -1.85. The molecule has 122 valence electrons. The van der Waals surface area contributed by atoms with Gasteiger partial charge in [-0.3, -0.25) is 4.40 Å². The molecule has 0 amide bonds. The number of fused-ring (bicyclic) bond motifs is 1. The lowest BCUT2D eigenvalue weighted by molar-refractivity contribution is 1.09. The van der Waals surface area contributed by atoms with Gasteiger partial charge in [-0.1, -0.05) is 54.1 Å². The number of hydrogen-bond acceptors (Lipinski definition) is 3. The van der Waals surface area contributed by atoms with Gasteiger partial charge in [-0.05, 0) is 37.6 Å². The minimum atomic E-state index is 0.742. The van der Waals surface area contributed by atoms with Gasteiger partial charge in [0.05, 0.1) is 5.69 Å². The molecule has 25 heavy (non-hydrogen) atoms. The average Bonchev–Trinajstić information content (AvgIpc) is 2.99. The summed E-state index contributed by atoms with van der Waals surface area (Å²) < 4.78 is 2.00. The van der Waals surface area contributed by atoms with Crippen molar-refractivity contribution in [1.29, 1.82) is 0 Å². The Morgan fingerprint density at radius 3 is 2.24 bits per heavy atom. The van der Waals surface area contributed by atoms with Crippen molar-refractivity contribution in [2.24, 2.45) is 10.2 Å². The molecular weight excluding hydrogens is 308 g/mol. The molecule has 0 atom stereocenters. The molecule has 4 aromatic rings. The highest BCUT2D eigenvalue weighted by Gasteiger charge is 2.14. The number of rotatable bonds is 3. The summed E-state index contributed by atoms with van der Waals surface area (Å²) in [4.78, 5) is 4.78. The molecule has 4 heteroatoms. The van der Waals surface area contributed by atoms with Crippen molar-refractivity contribution in [3.63, 3.8) is 0 Å². The topological polar surface area (TPSA) is 42.0 Å². The fourth-order valence-electron chi connectivity index (χ4n) is 2.74. The Hall–Kier alpha value is -3.27. The second-order valence-electron chi connectivity index (χ2n) is 6.12. The van der Waals surface area contributed by atoms with E-state index in [2.05, 4.69) is 54.4 Å². The third kappa shape index (κ3) is 3.06. The van der Waals surface area contributed by atoms with Crippen molar-refractivity contribution in [3.8, 4) is 11.3 Å². The first-order chi connectivity index (χ1) is 12.2. The largest absolute Gasteiger partial charge is 0.282 e. The number of benzene rings is 2. The van der Waals surface area contributed by atoms with Crippen LogP contribution in [0, 0.1) is 13.8 Å². The van der Waals surface area contributed by atoms with Crippen LogP contribution in [-0.2, 0) is 0 Å². The van der Waals surface area contributed by atoms with E-state index in [1.807, 2.05) is 47.0 Å². The first-order valence-corrected chi connectivity index (χ1v) is 8.23. The lowest BCUT2D eigenvalue weighted by Gasteiger charge is -2.01. The van der Waals surface area contributed by atoms with Crippen LogP contribution in [0.15, 0.2) is 83.2 Å². The van der Waals surface area contributed by atoms with E-state index in [4.69, 9.17) is 4.98 Å². The van der Waals surface area contributed by atoms with E-state index in [1.54, 1.807) is 0 Å². The molecule has 0 aliphatic rings. The van der Waals surface area contributed by atoms with Gasteiger partial charge in [0.2, 0.25) is 0 Å². The predicted octanol–water partition coefficient (Wildman–Crippen LogP) is 6.03. The Bertz CT molecular complexity index is 1040. The molecule has 4 rings (SSSR count). The third-order valence-electron chi connectivity index (χ3n) is 4.08. The molecule has 0 saturated carbocycles. The van der Waals surface area contributed by atoms with Gasteiger partial charge < -0.3 is 0 Å². The Balaban J connectivity index is 1.90. The summed E-state index contributed by atoms with van der Waals surface area (Å²) in [7, 11) is 0. The molecule has 0 bridgehead atoms. The van der Waals surface area contributed by atoms with E-state index in [9.17, 15) is 0 Å². The Labute approximate surface area is 146 Å². The Morgan fingerprint density at radius 1 is 0.760 bits per heavy atom. The first-order valence-electron chi connectivity index (χ1n) is 8.23. The molecule has 0 spiro atoms. The zero-order valence-electron chi connectivity index (χ0n) is 14.2. The second kappa shape index (κ2) is 6.32. The number of hydrogen-bond donors (Lipinski definition) is 0. The molecule has 0 aliphatic carbocycles. The average molecular weight is 326 g/mol. The third-order valence-corrected chi connectivity index (χ3v) is 4.08. The highest BCUT2D eigenvalue weighted by atomic mass is 15.2. The molecule has 0 N–H and O–H groups in total. The maximum atomic E-state index is 4.78. The van der Waals surface area contributed by atoms with Crippen LogP contribution in [0.4, 0.5) is 11.5 Å². The van der Waals surface area contributed by atoms with Gasteiger partial charge in [-0.25, -0.2) is 4.98 Å². The Morgan fingerprint density at radius 2 is 1.48 bits per heavy atom. The SMILES string of the molecule is Cc1ccc(-c2nc3ccc(C)cn3c2N=Nc2ccccc2)cc1. The van der Waals surface area contributed by atoms with E-state index in [0.717, 1.165) is 34.0 Å². The molecule has 2 aromatic heterocycles. The van der Waals surface area contributed by atoms with Crippen molar-refractivity contribution >= 4 is 17.2 Å². The van der Waals surface area contributed by atoms with Crippen LogP contribution in [-0.4, -0.2) is 9.38 Å². The van der Waals surface area contributed by atoms with E-state index in [0.29, 0.717) is 0 Å². The molecular formula is C21H18N4. The van der Waals surface area contributed by atoms with Crippen LogP contribution in [0.1, 0.15) is 11.1 Å². The highest BCUT2D eigenvalue weighted by Crippen LogP contribution is 2.32.